The average molecular weight is 411 g/mol. The van der Waals surface area contributed by atoms with Gasteiger partial charge in [0.15, 0.2) is 0 Å². The molecule has 0 amide bonds. The van der Waals surface area contributed by atoms with Crippen LogP contribution in [0.4, 0.5) is 0 Å². The molecule has 0 fully saturated rings. The zero-order valence-corrected chi connectivity index (χ0v) is 20.8. The predicted octanol–water partition coefficient (Wildman–Crippen LogP) is 9.25. The van der Waals surface area contributed by atoms with Gasteiger partial charge in [-0.15, -0.1) is 0 Å². The minimum absolute atomic E-state index is 0.0298. The second kappa shape index (κ2) is 20.7. The molecule has 0 saturated carbocycles. The molecule has 174 valence electrons. The van der Waals surface area contributed by atoms with Crippen LogP contribution in [0.25, 0.3) is 0 Å². The number of hydrogen-bond acceptors (Lipinski definition) is 2. The van der Waals surface area contributed by atoms with E-state index in [1.54, 1.807) is 0 Å². The van der Waals surface area contributed by atoms with Crippen molar-refractivity contribution in [3.05, 3.63) is 0 Å². The van der Waals surface area contributed by atoms with Crippen molar-refractivity contribution >= 4 is 5.97 Å². The third-order valence-corrected chi connectivity index (χ3v) is 6.39. The molecule has 1 atom stereocenters. The third-order valence-electron chi connectivity index (χ3n) is 6.39. The maximum absolute atomic E-state index is 12.7. The van der Waals surface area contributed by atoms with E-state index in [-0.39, 0.29) is 18.0 Å². The Bertz CT molecular complexity index is 330. The summed E-state index contributed by atoms with van der Waals surface area (Å²) in [5.41, 5.74) is 0. The third kappa shape index (κ3) is 18.0. The average Bonchev–Trinajstić information content (AvgIpc) is 2.70. The van der Waals surface area contributed by atoms with E-state index in [0.29, 0.717) is 5.92 Å². The van der Waals surface area contributed by atoms with Crippen LogP contribution in [0.5, 0.6) is 0 Å². The van der Waals surface area contributed by atoms with Crippen LogP contribution in [-0.2, 0) is 9.53 Å². The SMILES string of the molecule is CCCCCCCCCCC(CCCCCCCCCC)C(=O)OC(C)C(C)C. The largest absolute Gasteiger partial charge is 0.462 e. The van der Waals surface area contributed by atoms with Crippen molar-refractivity contribution in [1.82, 2.24) is 0 Å². The summed E-state index contributed by atoms with van der Waals surface area (Å²) in [6, 6.07) is 0. The highest BCUT2D eigenvalue weighted by molar-refractivity contribution is 5.72. The molecule has 0 aromatic carbocycles. The molecular weight excluding hydrogens is 356 g/mol. The van der Waals surface area contributed by atoms with E-state index in [1.807, 2.05) is 6.92 Å². The van der Waals surface area contributed by atoms with Gasteiger partial charge in [-0.05, 0) is 25.7 Å². The van der Waals surface area contributed by atoms with Gasteiger partial charge in [0.25, 0.3) is 0 Å². The Kier molecular flexibility index (Phi) is 20.4. The van der Waals surface area contributed by atoms with Gasteiger partial charge in [0.1, 0.15) is 6.10 Å². The van der Waals surface area contributed by atoms with Gasteiger partial charge >= 0.3 is 5.97 Å². The number of esters is 1. The summed E-state index contributed by atoms with van der Waals surface area (Å²) in [5.74, 6) is 0.583. The van der Waals surface area contributed by atoms with Gasteiger partial charge in [0.2, 0.25) is 0 Å². The van der Waals surface area contributed by atoms with Gasteiger partial charge in [0, 0.05) is 0 Å². The van der Waals surface area contributed by atoms with Crippen LogP contribution >= 0.6 is 0 Å². The van der Waals surface area contributed by atoms with Crippen LogP contribution in [0.15, 0.2) is 0 Å². The zero-order valence-electron chi connectivity index (χ0n) is 20.8. The predicted molar refractivity (Wildman–Crippen MR) is 128 cm³/mol. The van der Waals surface area contributed by atoms with Crippen LogP contribution in [0.3, 0.4) is 0 Å². The topological polar surface area (TPSA) is 26.3 Å². The van der Waals surface area contributed by atoms with Crippen molar-refractivity contribution in [3.63, 3.8) is 0 Å². The van der Waals surface area contributed by atoms with E-state index in [9.17, 15) is 4.79 Å². The molecule has 0 aliphatic rings. The molecule has 0 rings (SSSR count). The fourth-order valence-corrected chi connectivity index (χ4v) is 3.84. The number of carbonyl (C=O) groups is 1. The van der Waals surface area contributed by atoms with E-state index in [4.69, 9.17) is 4.74 Å². The molecule has 0 aliphatic carbocycles. The highest BCUT2D eigenvalue weighted by atomic mass is 16.5. The van der Waals surface area contributed by atoms with Gasteiger partial charge in [0.05, 0.1) is 5.92 Å². The Morgan fingerprint density at radius 3 is 1.28 bits per heavy atom. The van der Waals surface area contributed by atoms with Gasteiger partial charge < -0.3 is 4.74 Å². The van der Waals surface area contributed by atoms with Gasteiger partial charge in [-0.2, -0.15) is 0 Å². The Morgan fingerprint density at radius 1 is 0.586 bits per heavy atom. The molecule has 0 aliphatic heterocycles. The number of carbonyl (C=O) groups excluding carboxylic acids is 1. The van der Waals surface area contributed by atoms with Crippen molar-refractivity contribution in [2.24, 2.45) is 11.8 Å². The summed E-state index contributed by atoms with van der Waals surface area (Å²) >= 11 is 0. The summed E-state index contributed by atoms with van der Waals surface area (Å²) < 4.78 is 5.78. The smallest absolute Gasteiger partial charge is 0.309 e. The molecular formula is C27H54O2. The normalized spacial score (nSPS) is 12.7. The van der Waals surface area contributed by atoms with Crippen LogP contribution in [0.2, 0.25) is 0 Å². The highest BCUT2D eigenvalue weighted by Gasteiger charge is 2.22. The molecule has 0 saturated heterocycles. The summed E-state index contributed by atoms with van der Waals surface area (Å²) in [6.07, 6.45) is 23.3. The van der Waals surface area contributed by atoms with Crippen molar-refractivity contribution in [3.8, 4) is 0 Å². The number of hydrogen-bond donors (Lipinski definition) is 0. The van der Waals surface area contributed by atoms with Crippen LogP contribution in [-0.4, -0.2) is 12.1 Å². The molecule has 0 radical (unpaired) electrons. The lowest BCUT2D eigenvalue weighted by molar-refractivity contribution is -0.155. The van der Waals surface area contributed by atoms with Crippen molar-refractivity contribution in [2.75, 3.05) is 0 Å². The second-order valence-electron chi connectivity index (χ2n) is 9.61. The molecule has 2 nitrogen and oxygen atoms in total. The molecule has 0 N–H and O–H groups in total. The molecule has 29 heavy (non-hydrogen) atoms. The lowest BCUT2D eigenvalue weighted by Crippen LogP contribution is -2.26. The minimum Gasteiger partial charge on any atom is -0.462 e. The Balaban J connectivity index is 4.11. The fraction of sp³-hybridized carbons (Fsp3) is 0.963. The first-order valence-electron chi connectivity index (χ1n) is 13.2. The summed E-state index contributed by atoms with van der Waals surface area (Å²) in [4.78, 5) is 12.7. The summed E-state index contributed by atoms with van der Waals surface area (Å²) in [7, 11) is 0. The molecule has 0 aromatic heterocycles. The zero-order chi connectivity index (χ0) is 21.7. The van der Waals surface area contributed by atoms with E-state index in [0.717, 1.165) is 12.8 Å². The molecule has 0 aromatic rings. The lowest BCUT2D eigenvalue weighted by atomic mass is 9.94. The Morgan fingerprint density at radius 2 is 0.931 bits per heavy atom. The number of ether oxygens (including phenoxy) is 1. The van der Waals surface area contributed by atoms with Crippen LogP contribution in [0.1, 0.15) is 150 Å². The van der Waals surface area contributed by atoms with E-state index >= 15 is 0 Å². The van der Waals surface area contributed by atoms with Crippen LogP contribution in [0, 0.1) is 11.8 Å². The number of rotatable bonds is 21. The van der Waals surface area contributed by atoms with Crippen molar-refractivity contribution in [2.45, 2.75) is 156 Å². The Labute approximate surface area is 184 Å². The summed E-state index contributed by atoms with van der Waals surface area (Å²) in [6.45, 7) is 10.8. The van der Waals surface area contributed by atoms with Crippen molar-refractivity contribution < 1.29 is 9.53 Å². The molecule has 0 spiro atoms. The van der Waals surface area contributed by atoms with Gasteiger partial charge in [-0.1, -0.05) is 130 Å². The monoisotopic (exact) mass is 410 g/mol. The molecule has 0 bridgehead atoms. The number of unbranched alkanes of at least 4 members (excludes halogenated alkanes) is 14. The Hall–Kier alpha value is -0.530. The maximum atomic E-state index is 12.7. The minimum atomic E-state index is 0.0298. The summed E-state index contributed by atoms with van der Waals surface area (Å²) in [5, 5.41) is 0. The first-order valence-corrected chi connectivity index (χ1v) is 13.2. The molecule has 2 heteroatoms. The standard InChI is InChI=1S/C27H54O2/c1-6-8-10-12-14-16-18-20-22-26(27(28)29-25(5)24(3)4)23-21-19-17-15-13-11-9-7-2/h24-26H,6-23H2,1-5H3. The first kappa shape index (κ1) is 28.5. The van der Waals surface area contributed by atoms with E-state index in [1.165, 1.54) is 103 Å². The first-order chi connectivity index (χ1) is 14.0. The van der Waals surface area contributed by atoms with Gasteiger partial charge in [-0.25, -0.2) is 0 Å². The molecule has 0 heterocycles. The van der Waals surface area contributed by atoms with E-state index in [2.05, 4.69) is 27.7 Å². The van der Waals surface area contributed by atoms with Crippen LogP contribution < -0.4 is 0 Å². The van der Waals surface area contributed by atoms with Gasteiger partial charge in [-0.3, -0.25) is 4.79 Å². The highest BCUT2D eigenvalue weighted by Crippen LogP contribution is 2.22. The maximum Gasteiger partial charge on any atom is 0.309 e. The van der Waals surface area contributed by atoms with Crippen molar-refractivity contribution in [1.29, 1.82) is 0 Å². The lowest BCUT2D eigenvalue weighted by Gasteiger charge is -2.21. The molecule has 1 unspecified atom stereocenters. The second-order valence-corrected chi connectivity index (χ2v) is 9.61. The van der Waals surface area contributed by atoms with E-state index < -0.39 is 0 Å². The fourth-order valence-electron chi connectivity index (χ4n) is 3.84. The quantitative estimate of drug-likeness (QED) is 0.139.